The number of hydrogen-bond acceptors (Lipinski definition) is 3. The quantitative estimate of drug-likeness (QED) is 0.143. The molecule has 4 rings (SSSR count). The van der Waals surface area contributed by atoms with Crippen LogP contribution in [0, 0.1) is 0 Å². The molecule has 0 spiro atoms. The van der Waals surface area contributed by atoms with Crippen LogP contribution < -0.4 is 22.9 Å². The zero-order valence-corrected chi connectivity index (χ0v) is 21.7. The molecule has 0 heterocycles. The molecule has 0 aliphatic heterocycles. The first kappa shape index (κ1) is 28.3. The third-order valence-electron chi connectivity index (χ3n) is 4.75. The van der Waals surface area contributed by atoms with Crippen LogP contribution in [0.4, 0.5) is 17.3 Å². The van der Waals surface area contributed by atoms with E-state index in [9.17, 15) is 17.3 Å². The van der Waals surface area contributed by atoms with Crippen LogP contribution in [0.1, 0.15) is 0 Å². The molecule has 0 radical (unpaired) electrons. The zero-order valence-electron chi connectivity index (χ0n) is 20.0. The average Bonchev–Trinajstić information content (AvgIpc) is 2.90. The van der Waals surface area contributed by atoms with Gasteiger partial charge in [-0.15, -0.1) is 0 Å². The molecule has 37 heavy (non-hydrogen) atoms. The van der Waals surface area contributed by atoms with Gasteiger partial charge in [-0.25, -0.2) is 0 Å². The summed E-state index contributed by atoms with van der Waals surface area (Å²) in [7, 11) is -6.00. The Bertz CT molecular complexity index is 1120. The number of para-hydroxylation sites is 2. The predicted octanol–water partition coefficient (Wildman–Crippen LogP) is 4.98. The van der Waals surface area contributed by atoms with E-state index < -0.39 is 21.2 Å². The SMILES string of the molecule is F[B-](F)(F)F.c1ccc(OCCOCCOc2ccccc2[Se+](c2ccccc2)c2ccccc2)cc1. The Morgan fingerprint density at radius 1 is 0.514 bits per heavy atom. The molecule has 0 atom stereocenters. The first-order valence-corrected chi connectivity index (χ1v) is 14.2. The van der Waals surface area contributed by atoms with Gasteiger partial charge in [0.25, 0.3) is 0 Å². The van der Waals surface area contributed by atoms with E-state index in [1.54, 1.807) is 0 Å². The molecule has 0 aliphatic rings. The van der Waals surface area contributed by atoms with E-state index in [0.29, 0.717) is 26.4 Å². The van der Waals surface area contributed by atoms with E-state index in [2.05, 4.69) is 78.9 Å². The van der Waals surface area contributed by atoms with Crippen molar-refractivity contribution in [3.05, 3.63) is 115 Å². The molecule has 0 saturated carbocycles. The fourth-order valence-electron chi connectivity index (χ4n) is 3.29. The van der Waals surface area contributed by atoms with Crippen LogP contribution in [-0.2, 0) is 4.74 Å². The van der Waals surface area contributed by atoms with Crippen LogP contribution in [0.3, 0.4) is 0 Å². The third-order valence-corrected chi connectivity index (χ3v) is 9.50. The van der Waals surface area contributed by atoms with E-state index in [0.717, 1.165) is 11.5 Å². The Morgan fingerprint density at radius 2 is 0.946 bits per heavy atom. The van der Waals surface area contributed by atoms with E-state index in [1.807, 2.05) is 36.4 Å². The minimum absolute atomic E-state index is 0.505. The van der Waals surface area contributed by atoms with Crippen molar-refractivity contribution in [2.45, 2.75) is 0 Å². The van der Waals surface area contributed by atoms with E-state index in [-0.39, 0.29) is 0 Å². The number of rotatable bonds is 11. The Balaban J connectivity index is 0.000000695. The summed E-state index contributed by atoms with van der Waals surface area (Å²) < 4.78 is 60.6. The van der Waals surface area contributed by atoms with Gasteiger partial charge in [-0.2, -0.15) is 0 Å². The molecule has 194 valence electrons. The van der Waals surface area contributed by atoms with Crippen LogP contribution in [0.5, 0.6) is 11.5 Å². The fraction of sp³-hybridized carbons (Fsp3) is 0.143. The van der Waals surface area contributed by atoms with Gasteiger partial charge in [0.2, 0.25) is 0 Å². The minimum atomic E-state index is -6.00. The monoisotopic (exact) mass is 578 g/mol. The summed E-state index contributed by atoms with van der Waals surface area (Å²) >= 11 is -1.46. The summed E-state index contributed by atoms with van der Waals surface area (Å²) in [5.41, 5.74) is 0. The maximum absolute atomic E-state index is 9.75. The Kier molecular flexibility index (Phi) is 11.6. The summed E-state index contributed by atoms with van der Waals surface area (Å²) in [6.45, 7) is 2.08. The van der Waals surface area contributed by atoms with Crippen molar-refractivity contribution in [2.75, 3.05) is 26.4 Å². The standard InChI is InChI=1S/C28H27O3Se.BF4/c1-4-12-24(13-5-1)30-22-20-29-21-23-31-27-18-10-11-19-28(27)32(25-14-6-2-7-15-25)26-16-8-3-9-17-26;2-1(3,4)5/h1-19H,20-23H2;/q+1;-1. The molecule has 9 heteroatoms. The van der Waals surface area contributed by atoms with Crippen molar-refractivity contribution in [1.29, 1.82) is 0 Å². The first-order valence-electron chi connectivity index (χ1n) is 11.6. The van der Waals surface area contributed by atoms with E-state index in [4.69, 9.17) is 14.2 Å². The molecule has 0 N–H and O–H groups in total. The van der Waals surface area contributed by atoms with Gasteiger partial charge in [0.15, 0.2) is 0 Å². The van der Waals surface area contributed by atoms with Crippen LogP contribution >= 0.6 is 0 Å². The van der Waals surface area contributed by atoms with Gasteiger partial charge in [0.1, 0.15) is 0 Å². The van der Waals surface area contributed by atoms with Gasteiger partial charge < -0.3 is 17.3 Å². The number of halogens is 4. The molecule has 0 saturated heterocycles. The van der Waals surface area contributed by atoms with E-state index in [1.165, 1.54) is 13.4 Å². The summed E-state index contributed by atoms with van der Waals surface area (Å²) in [6.07, 6.45) is 0. The normalized spacial score (nSPS) is 10.9. The van der Waals surface area contributed by atoms with Gasteiger partial charge in [0.05, 0.1) is 0 Å². The van der Waals surface area contributed by atoms with Crippen LogP contribution in [0.25, 0.3) is 0 Å². The summed E-state index contributed by atoms with van der Waals surface area (Å²) in [4.78, 5) is 0. The number of ether oxygens (including phenoxy) is 3. The van der Waals surface area contributed by atoms with Gasteiger partial charge in [0, 0.05) is 0 Å². The molecule has 0 fully saturated rings. The second-order valence-electron chi connectivity index (χ2n) is 7.50. The Morgan fingerprint density at radius 3 is 1.49 bits per heavy atom. The van der Waals surface area contributed by atoms with E-state index >= 15 is 0 Å². The van der Waals surface area contributed by atoms with Crippen molar-refractivity contribution >= 4 is 34.5 Å². The summed E-state index contributed by atoms with van der Waals surface area (Å²) in [6, 6.07) is 39.7. The second-order valence-corrected chi connectivity index (χ2v) is 11.7. The molecule has 4 aromatic rings. The van der Waals surface area contributed by atoms with Crippen molar-refractivity contribution < 1.29 is 31.5 Å². The Labute approximate surface area is 219 Å². The maximum atomic E-state index is 9.75. The molecule has 4 aromatic carbocycles. The molecule has 0 amide bonds. The molecule has 0 unspecified atom stereocenters. The molecule has 0 aromatic heterocycles. The number of benzene rings is 4. The predicted molar refractivity (Wildman–Crippen MR) is 142 cm³/mol. The van der Waals surface area contributed by atoms with Crippen molar-refractivity contribution in [2.24, 2.45) is 0 Å². The average molecular weight is 577 g/mol. The number of hydrogen-bond donors (Lipinski definition) is 0. The molecule has 0 bridgehead atoms. The molecular formula is C28H27BF4O3Se. The van der Waals surface area contributed by atoms with Crippen LogP contribution in [0.2, 0.25) is 0 Å². The van der Waals surface area contributed by atoms with Gasteiger partial charge >= 0.3 is 196 Å². The van der Waals surface area contributed by atoms with Gasteiger partial charge in [-0.05, 0) is 0 Å². The molecular weight excluding hydrogens is 550 g/mol. The van der Waals surface area contributed by atoms with Crippen molar-refractivity contribution in [3.63, 3.8) is 0 Å². The fourth-order valence-corrected chi connectivity index (χ4v) is 7.87. The van der Waals surface area contributed by atoms with Gasteiger partial charge in [-0.1, -0.05) is 6.07 Å². The Hall–Kier alpha value is -3.26. The van der Waals surface area contributed by atoms with Crippen molar-refractivity contribution in [1.82, 2.24) is 0 Å². The summed E-state index contributed by atoms with van der Waals surface area (Å²) in [5, 5.41) is 0. The zero-order chi connectivity index (χ0) is 26.3. The third kappa shape index (κ3) is 10.7. The van der Waals surface area contributed by atoms with Gasteiger partial charge in [-0.3, -0.25) is 0 Å². The topological polar surface area (TPSA) is 27.7 Å². The van der Waals surface area contributed by atoms with Crippen molar-refractivity contribution in [3.8, 4) is 11.5 Å². The first-order chi connectivity index (χ1) is 17.9. The van der Waals surface area contributed by atoms with Crippen LogP contribution in [-0.4, -0.2) is 47.6 Å². The summed E-state index contributed by atoms with van der Waals surface area (Å²) in [5.74, 6) is 1.80. The second kappa shape index (κ2) is 15.1. The van der Waals surface area contributed by atoms with Crippen LogP contribution in [0.15, 0.2) is 115 Å². The molecule has 0 aliphatic carbocycles. The molecule has 3 nitrogen and oxygen atoms in total.